The van der Waals surface area contributed by atoms with Crippen molar-refractivity contribution < 1.29 is 13.0 Å². The van der Waals surface area contributed by atoms with Crippen LogP contribution in [0, 0.1) is 10.8 Å². The molecule has 11 heteroatoms. The van der Waals surface area contributed by atoms with Gasteiger partial charge in [-0.1, -0.05) is 0 Å². The molecule has 0 aliphatic carbocycles. The number of aromatic amines is 1. The first-order valence-corrected chi connectivity index (χ1v) is 11.6. The third kappa shape index (κ3) is 4.87. The molecule has 2 fully saturated rings. The van der Waals surface area contributed by atoms with Crippen LogP contribution >= 0.6 is 0 Å². The summed E-state index contributed by atoms with van der Waals surface area (Å²) in [5.74, 6) is 1.22. The van der Waals surface area contributed by atoms with Crippen molar-refractivity contribution >= 4 is 28.6 Å². The summed E-state index contributed by atoms with van der Waals surface area (Å²) in [6.07, 6.45) is 7.56. The zero-order valence-corrected chi connectivity index (χ0v) is 18.0. The second-order valence-corrected chi connectivity index (χ2v) is 9.42. The van der Waals surface area contributed by atoms with Crippen molar-refractivity contribution in [2.75, 3.05) is 37.3 Å². The van der Waals surface area contributed by atoms with Gasteiger partial charge in [-0.3, -0.25) is 5.41 Å². The fourth-order valence-corrected chi connectivity index (χ4v) is 4.91. The van der Waals surface area contributed by atoms with Gasteiger partial charge in [0.25, 0.3) is 6.43 Å². The monoisotopic (exact) mass is 449 g/mol. The number of allylic oxidation sites excluding steroid dienone is 1. The molecule has 4 rings (SSSR count). The largest absolute Gasteiger partial charge is 0.356 e. The molecule has 0 aromatic carbocycles. The van der Waals surface area contributed by atoms with Crippen LogP contribution in [0.1, 0.15) is 25.1 Å². The molecule has 2 aromatic heterocycles. The molecule has 1 spiro atoms. The summed E-state index contributed by atoms with van der Waals surface area (Å²) in [4.78, 5) is 18.2. The zero-order valence-electron chi connectivity index (χ0n) is 17.2. The molecule has 2 N–H and O–H groups in total. The van der Waals surface area contributed by atoms with Crippen LogP contribution in [0.5, 0.6) is 0 Å². The molecule has 2 saturated heterocycles. The third-order valence-corrected chi connectivity index (χ3v) is 7.18. The summed E-state index contributed by atoms with van der Waals surface area (Å²) in [7, 11) is -0.907. The van der Waals surface area contributed by atoms with Crippen molar-refractivity contribution in [3.8, 4) is 11.4 Å². The summed E-state index contributed by atoms with van der Waals surface area (Å²) < 4.78 is 38.6. The first-order valence-electron chi connectivity index (χ1n) is 10.1. The van der Waals surface area contributed by atoms with Crippen molar-refractivity contribution in [1.29, 1.82) is 5.41 Å². The number of imidazole rings is 1. The molecule has 4 heterocycles. The normalized spacial score (nSPS) is 20.2. The maximum atomic E-state index is 12.4. The van der Waals surface area contributed by atoms with E-state index in [-0.39, 0.29) is 5.41 Å². The molecule has 0 radical (unpaired) electrons. The number of rotatable bonds is 6. The van der Waals surface area contributed by atoms with E-state index < -0.39 is 23.1 Å². The molecular weight excluding hydrogens is 424 g/mol. The molecule has 31 heavy (non-hydrogen) atoms. The molecule has 0 amide bonds. The predicted octanol–water partition coefficient (Wildman–Crippen LogP) is 2.75. The standard InChI is InChI=1S/C20H25F2N7OS/c1-31(30)29-8-5-20(6-9-29)4-7-28(12-20)18-10-15(25-13-26-18)16-11-24-17(27-16)3-2-14(23)19(21)22/h2-3,10-11,13,19,23H,4-9,12H2,1H3,(H,24,27)/b3-2-,23-14?. The highest BCUT2D eigenvalue weighted by molar-refractivity contribution is 7.81. The fourth-order valence-electron chi connectivity index (χ4n) is 4.22. The van der Waals surface area contributed by atoms with Gasteiger partial charge < -0.3 is 9.88 Å². The van der Waals surface area contributed by atoms with E-state index in [1.165, 1.54) is 12.4 Å². The Morgan fingerprint density at radius 3 is 2.71 bits per heavy atom. The van der Waals surface area contributed by atoms with Gasteiger partial charge in [0.1, 0.15) is 18.0 Å². The summed E-state index contributed by atoms with van der Waals surface area (Å²) in [6.45, 7) is 3.55. The average molecular weight is 450 g/mol. The van der Waals surface area contributed by atoms with Crippen LogP contribution in [0.25, 0.3) is 17.5 Å². The highest BCUT2D eigenvalue weighted by atomic mass is 32.2. The lowest BCUT2D eigenvalue weighted by Gasteiger charge is -2.38. The molecule has 2 aliphatic rings. The van der Waals surface area contributed by atoms with E-state index in [1.807, 2.05) is 10.4 Å². The van der Waals surface area contributed by atoms with E-state index in [9.17, 15) is 13.0 Å². The van der Waals surface area contributed by atoms with Crippen molar-refractivity contribution in [2.45, 2.75) is 25.7 Å². The quantitative estimate of drug-likeness (QED) is 0.661. The molecule has 0 bridgehead atoms. The lowest BCUT2D eigenvalue weighted by atomic mass is 9.78. The number of hydrogen-bond acceptors (Lipinski definition) is 6. The van der Waals surface area contributed by atoms with Gasteiger partial charge in [0.15, 0.2) is 0 Å². The number of alkyl halides is 2. The van der Waals surface area contributed by atoms with E-state index >= 15 is 0 Å². The van der Waals surface area contributed by atoms with E-state index in [4.69, 9.17) is 5.41 Å². The molecule has 2 aromatic rings. The predicted molar refractivity (Wildman–Crippen MR) is 117 cm³/mol. The van der Waals surface area contributed by atoms with Crippen LogP contribution in [-0.4, -0.2) is 73.0 Å². The summed E-state index contributed by atoms with van der Waals surface area (Å²) in [5.41, 5.74) is 0.793. The Morgan fingerprint density at radius 2 is 2.00 bits per heavy atom. The topological polar surface area (TPSA) is 102 Å². The maximum Gasteiger partial charge on any atom is 0.279 e. The number of anilines is 1. The van der Waals surface area contributed by atoms with E-state index in [0.717, 1.165) is 57.3 Å². The zero-order chi connectivity index (χ0) is 22.0. The molecule has 2 aliphatic heterocycles. The summed E-state index contributed by atoms with van der Waals surface area (Å²) in [6, 6.07) is 1.90. The Kier molecular flexibility index (Phi) is 6.24. The number of H-pyrrole nitrogens is 1. The van der Waals surface area contributed by atoms with Gasteiger partial charge in [-0.05, 0) is 36.8 Å². The number of aromatic nitrogens is 4. The van der Waals surface area contributed by atoms with Gasteiger partial charge in [0.05, 0.1) is 34.3 Å². The Bertz CT molecular complexity index is 1000. The van der Waals surface area contributed by atoms with Crippen molar-refractivity contribution in [1.82, 2.24) is 24.2 Å². The van der Waals surface area contributed by atoms with E-state index in [2.05, 4.69) is 24.8 Å². The number of hydrogen-bond donors (Lipinski definition) is 2. The molecular formula is C20H25F2N7OS. The van der Waals surface area contributed by atoms with Crippen molar-refractivity contribution in [2.24, 2.45) is 5.41 Å². The Balaban J connectivity index is 1.44. The number of piperidine rings is 1. The minimum absolute atomic E-state index is 0.238. The van der Waals surface area contributed by atoms with E-state index in [1.54, 1.807) is 12.5 Å². The lowest BCUT2D eigenvalue weighted by molar-refractivity contribution is 0.181. The van der Waals surface area contributed by atoms with Crippen molar-refractivity contribution in [3.63, 3.8) is 0 Å². The summed E-state index contributed by atoms with van der Waals surface area (Å²) >= 11 is 0. The van der Waals surface area contributed by atoms with Crippen LogP contribution in [0.15, 0.2) is 24.7 Å². The third-order valence-electron chi connectivity index (χ3n) is 6.09. The second-order valence-electron chi connectivity index (χ2n) is 8.06. The van der Waals surface area contributed by atoms with Gasteiger partial charge in [-0.15, -0.1) is 0 Å². The molecule has 1 unspecified atom stereocenters. The average Bonchev–Trinajstić information content (AvgIpc) is 3.40. The SMILES string of the molecule is CS(=O)N1CCC2(CCN(c3cc(-c4cnc(/C=C\C(=N)C(F)F)[nH]4)ncn3)C2)CC1. The number of nitrogens with one attached hydrogen (secondary N) is 2. The molecule has 0 saturated carbocycles. The Hall–Kier alpha value is -2.53. The molecule has 166 valence electrons. The molecule has 8 nitrogen and oxygen atoms in total. The Labute approximate surface area is 181 Å². The Morgan fingerprint density at radius 1 is 1.26 bits per heavy atom. The maximum absolute atomic E-state index is 12.4. The second kappa shape index (κ2) is 8.91. The summed E-state index contributed by atoms with van der Waals surface area (Å²) in [5, 5.41) is 7.18. The smallest absolute Gasteiger partial charge is 0.279 e. The van der Waals surface area contributed by atoms with Gasteiger partial charge >= 0.3 is 0 Å². The van der Waals surface area contributed by atoms with Gasteiger partial charge in [-0.2, -0.15) is 0 Å². The first kappa shape index (κ1) is 21.7. The number of nitrogens with zero attached hydrogens (tertiary/aromatic N) is 5. The van der Waals surface area contributed by atoms with Crippen molar-refractivity contribution in [3.05, 3.63) is 30.5 Å². The van der Waals surface area contributed by atoms with Crippen LogP contribution in [0.3, 0.4) is 0 Å². The first-order chi connectivity index (χ1) is 14.8. The van der Waals surface area contributed by atoms with Crippen LogP contribution in [-0.2, 0) is 11.0 Å². The fraction of sp³-hybridized carbons (Fsp3) is 0.500. The van der Waals surface area contributed by atoms with Crippen LogP contribution in [0.4, 0.5) is 14.6 Å². The van der Waals surface area contributed by atoms with Gasteiger partial charge in [0, 0.05) is 38.5 Å². The highest BCUT2D eigenvalue weighted by Crippen LogP contribution is 2.41. The minimum Gasteiger partial charge on any atom is -0.356 e. The van der Waals surface area contributed by atoms with Gasteiger partial charge in [-0.25, -0.2) is 32.2 Å². The minimum atomic E-state index is -2.81. The molecule has 1 atom stereocenters. The van der Waals surface area contributed by atoms with Crippen LogP contribution < -0.4 is 4.90 Å². The van der Waals surface area contributed by atoms with Gasteiger partial charge in [0.2, 0.25) is 0 Å². The van der Waals surface area contributed by atoms with E-state index in [0.29, 0.717) is 17.2 Å². The lowest BCUT2D eigenvalue weighted by Crippen LogP contribution is -2.42. The van der Waals surface area contributed by atoms with Crippen LogP contribution in [0.2, 0.25) is 0 Å². The highest BCUT2D eigenvalue weighted by Gasteiger charge is 2.41. The number of halogens is 2.